The number of benzene rings is 2. The summed E-state index contributed by atoms with van der Waals surface area (Å²) in [5, 5.41) is 7.22. The van der Waals surface area contributed by atoms with Crippen LogP contribution in [0.2, 0.25) is 0 Å². The van der Waals surface area contributed by atoms with Crippen LogP contribution in [-0.4, -0.2) is 47.0 Å². The second-order valence-corrected chi connectivity index (χ2v) is 9.97. The van der Waals surface area contributed by atoms with Crippen LogP contribution >= 0.6 is 11.8 Å². The zero-order chi connectivity index (χ0) is 23.5. The highest BCUT2D eigenvalue weighted by atomic mass is 32.2. The second kappa shape index (κ2) is 9.88. The van der Waals surface area contributed by atoms with E-state index >= 15 is 0 Å². The van der Waals surface area contributed by atoms with E-state index in [1.807, 2.05) is 0 Å². The highest BCUT2D eigenvalue weighted by Crippen LogP contribution is 2.29. The van der Waals surface area contributed by atoms with Gasteiger partial charge in [0, 0.05) is 24.2 Å². The molecular formula is C21H21F2N3O4S2. The van der Waals surface area contributed by atoms with E-state index in [2.05, 4.69) is 10.2 Å². The predicted octanol–water partition coefficient (Wildman–Crippen LogP) is 4.41. The maximum absolute atomic E-state index is 13.4. The standard InChI is InChI=1S/C21H21F2N3O4S2/c1-4-26(5-2)32(28,29)16-8-6-7-15(11-16)20-24-25-21(30-20)31-13(3)19(27)14-9-10-17(22)18(23)12-14/h6-13H,4-5H2,1-3H3. The molecule has 3 rings (SSSR count). The van der Waals surface area contributed by atoms with E-state index in [4.69, 9.17) is 4.42 Å². The topological polar surface area (TPSA) is 93.4 Å². The SMILES string of the molecule is CCN(CC)S(=O)(=O)c1cccc(-c2nnc(SC(C)C(=O)c3ccc(F)c(F)c3)o2)c1. The lowest BCUT2D eigenvalue weighted by atomic mass is 10.1. The average Bonchev–Trinajstić information content (AvgIpc) is 3.24. The molecule has 3 aromatic rings. The molecule has 1 atom stereocenters. The fourth-order valence-corrected chi connectivity index (χ4v) is 5.23. The number of aromatic nitrogens is 2. The Morgan fingerprint density at radius 1 is 1.09 bits per heavy atom. The maximum Gasteiger partial charge on any atom is 0.277 e. The largest absolute Gasteiger partial charge is 0.411 e. The Labute approximate surface area is 188 Å². The zero-order valence-corrected chi connectivity index (χ0v) is 19.2. The van der Waals surface area contributed by atoms with E-state index in [1.54, 1.807) is 32.9 Å². The van der Waals surface area contributed by atoms with E-state index in [1.165, 1.54) is 22.5 Å². The molecule has 1 unspecified atom stereocenters. The molecular weight excluding hydrogens is 460 g/mol. The van der Waals surface area contributed by atoms with Gasteiger partial charge in [0.05, 0.1) is 10.1 Å². The molecule has 0 aliphatic rings. The van der Waals surface area contributed by atoms with Gasteiger partial charge in [0.2, 0.25) is 15.9 Å². The summed E-state index contributed by atoms with van der Waals surface area (Å²) in [7, 11) is -3.66. The quantitative estimate of drug-likeness (QED) is 0.330. The van der Waals surface area contributed by atoms with Crippen molar-refractivity contribution in [3.05, 3.63) is 59.7 Å². The van der Waals surface area contributed by atoms with E-state index in [-0.39, 0.29) is 21.6 Å². The van der Waals surface area contributed by atoms with Crippen molar-refractivity contribution >= 4 is 27.6 Å². The predicted molar refractivity (Wildman–Crippen MR) is 116 cm³/mol. The van der Waals surface area contributed by atoms with Gasteiger partial charge < -0.3 is 4.42 Å². The van der Waals surface area contributed by atoms with Gasteiger partial charge in [-0.3, -0.25) is 4.79 Å². The molecule has 1 heterocycles. The van der Waals surface area contributed by atoms with Gasteiger partial charge in [0.1, 0.15) is 0 Å². The van der Waals surface area contributed by atoms with E-state index in [9.17, 15) is 22.0 Å². The van der Waals surface area contributed by atoms with Gasteiger partial charge in [0.25, 0.3) is 5.22 Å². The third-order valence-electron chi connectivity index (χ3n) is 4.68. The lowest BCUT2D eigenvalue weighted by Crippen LogP contribution is -2.30. The minimum atomic E-state index is -3.66. The zero-order valence-electron chi connectivity index (χ0n) is 17.6. The first-order valence-corrected chi connectivity index (χ1v) is 12.1. The Morgan fingerprint density at radius 3 is 2.47 bits per heavy atom. The van der Waals surface area contributed by atoms with Gasteiger partial charge in [-0.05, 0) is 43.3 Å². The minimum Gasteiger partial charge on any atom is -0.411 e. The fourth-order valence-electron chi connectivity index (χ4n) is 2.97. The molecule has 11 heteroatoms. The lowest BCUT2D eigenvalue weighted by molar-refractivity contribution is 0.0993. The molecule has 0 amide bonds. The summed E-state index contributed by atoms with van der Waals surface area (Å²) in [5.74, 6) is -2.47. The highest BCUT2D eigenvalue weighted by molar-refractivity contribution is 8.00. The first kappa shape index (κ1) is 24.0. The van der Waals surface area contributed by atoms with Crippen molar-refractivity contribution in [3.63, 3.8) is 0 Å². The molecule has 1 aromatic heterocycles. The van der Waals surface area contributed by atoms with E-state index in [0.29, 0.717) is 18.7 Å². The van der Waals surface area contributed by atoms with Gasteiger partial charge >= 0.3 is 0 Å². The summed E-state index contributed by atoms with van der Waals surface area (Å²) in [6.45, 7) is 5.78. The number of carbonyl (C=O) groups excluding carboxylic acids is 1. The van der Waals surface area contributed by atoms with Crippen LogP contribution in [0.25, 0.3) is 11.5 Å². The molecule has 32 heavy (non-hydrogen) atoms. The van der Waals surface area contributed by atoms with E-state index in [0.717, 1.165) is 23.9 Å². The number of thioether (sulfide) groups is 1. The lowest BCUT2D eigenvalue weighted by Gasteiger charge is -2.18. The third kappa shape index (κ3) is 5.05. The molecule has 0 aliphatic carbocycles. The van der Waals surface area contributed by atoms with Gasteiger partial charge in [-0.25, -0.2) is 17.2 Å². The fraction of sp³-hybridized carbons (Fsp3) is 0.286. The number of nitrogens with zero attached hydrogens (tertiary/aromatic N) is 3. The summed E-state index contributed by atoms with van der Waals surface area (Å²) in [5.41, 5.74) is 0.440. The number of rotatable bonds is 9. The van der Waals surface area contributed by atoms with Crippen LogP contribution in [-0.2, 0) is 10.0 Å². The minimum absolute atomic E-state index is 0.0259. The molecule has 0 saturated carbocycles. The molecule has 7 nitrogen and oxygen atoms in total. The molecule has 0 bridgehead atoms. The van der Waals surface area contributed by atoms with Crippen LogP contribution in [0.4, 0.5) is 8.78 Å². The second-order valence-electron chi connectivity index (χ2n) is 6.74. The molecule has 170 valence electrons. The van der Waals surface area contributed by atoms with Crippen molar-refractivity contribution in [2.24, 2.45) is 0 Å². The third-order valence-corrected chi connectivity index (χ3v) is 7.66. The number of Topliss-reactive ketones (excluding diaryl/α,β-unsaturated/α-hetero) is 1. The van der Waals surface area contributed by atoms with Gasteiger partial charge in [-0.1, -0.05) is 31.7 Å². The average molecular weight is 482 g/mol. The van der Waals surface area contributed by atoms with Gasteiger partial charge in [0.15, 0.2) is 17.4 Å². The smallest absolute Gasteiger partial charge is 0.277 e. The van der Waals surface area contributed by atoms with Crippen LogP contribution in [0.3, 0.4) is 0 Å². The number of hydrogen-bond donors (Lipinski definition) is 0. The number of halogens is 2. The van der Waals surface area contributed by atoms with Crippen LogP contribution in [0, 0.1) is 11.6 Å². The van der Waals surface area contributed by atoms with Crippen LogP contribution < -0.4 is 0 Å². The first-order chi connectivity index (χ1) is 15.2. The van der Waals surface area contributed by atoms with Crippen molar-refractivity contribution < 1.29 is 26.4 Å². The Morgan fingerprint density at radius 2 is 1.81 bits per heavy atom. The maximum atomic E-state index is 13.4. The Hall–Kier alpha value is -2.63. The summed E-state index contributed by atoms with van der Waals surface area (Å²) < 4.78 is 58.9. The number of sulfonamides is 1. The normalized spacial score (nSPS) is 12.8. The Bertz CT molecular complexity index is 1230. The summed E-state index contributed by atoms with van der Waals surface area (Å²) >= 11 is 0.961. The first-order valence-electron chi connectivity index (χ1n) is 9.77. The highest BCUT2D eigenvalue weighted by Gasteiger charge is 2.24. The van der Waals surface area contributed by atoms with Crippen molar-refractivity contribution in [2.75, 3.05) is 13.1 Å². The van der Waals surface area contributed by atoms with Crippen LogP contribution in [0.5, 0.6) is 0 Å². The number of carbonyl (C=O) groups is 1. The van der Waals surface area contributed by atoms with Crippen LogP contribution in [0.1, 0.15) is 31.1 Å². The summed E-state index contributed by atoms with van der Waals surface area (Å²) in [6.07, 6.45) is 0. The molecule has 0 spiro atoms. The number of hydrogen-bond acceptors (Lipinski definition) is 7. The van der Waals surface area contributed by atoms with Crippen molar-refractivity contribution in [2.45, 2.75) is 36.1 Å². The van der Waals surface area contributed by atoms with Crippen molar-refractivity contribution in [3.8, 4) is 11.5 Å². The van der Waals surface area contributed by atoms with Crippen LogP contribution in [0.15, 0.2) is 57.0 Å². The van der Waals surface area contributed by atoms with Crippen molar-refractivity contribution in [1.29, 1.82) is 0 Å². The molecule has 2 aromatic carbocycles. The summed E-state index contributed by atoms with van der Waals surface area (Å²) in [4.78, 5) is 12.6. The van der Waals surface area contributed by atoms with Crippen molar-refractivity contribution in [1.82, 2.24) is 14.5 Å². The van der Waals surface area contributed by atoms with Gasteiger partial charge in [-0.15, -0.1) is 10.2 Å². The number of ketones is 1. The Kier molecular flexibility index (Phi) is 7.42. The summed E-state index contributed by atoms with van der Waals surface area (Å²) in [6, 6.07) is 9.10. The molecule has 0 N–H and O–H groups in total. The monoisotopic (exact) mass is 481 g/mol. The van der Waals surface area contributed by atoms with E-state index < -0.39 is 32.7 Å². The molecule has 0 fully saturated rings. The molecule has 0 radical (unpaired) electrons. The van der Waals surface area contributed by atoms with Gasteiger partial charge in [-0.2, -0.15) is 4.31 Å². The molecule has 0 aliphatic heterocycles. The Balaban J connectivity index is 1.78. The molecule has 0 saturated heterocycles.